The molecule has 1 saturated carbocycles. The van der Waals surface area contributed by atoms with Crippen molar-refractivity contribution in [3.8, 4) is 0 Å². The van der Waals surface area contributed by atoms with Gasteiger partial charge in [-0.15, -0.1) is 0 Å². The number of ether oxygens (including phenoxy) is 1. The summed E-state index contributed by atoms with van der Waals surface area (Å²) >= 11 is 0. The molecule has 6 nitrogen and oxygen atoms in total. The quantitative estimate of drug-likeness (QED) is 0.214. The molecule has 0 radical (unpaired) electrons. The van der Waals surface area contributed by atoms with Crippen LogP contribution in [0.4, 0.5) is 0 Å². The van der Waals surface area contributed by atoms with Gasteiger partial charge in [-0.25, -0.2) is 0 Å². The molecule has 1 aliphatic rings. The lowest BCUT2D eigenvalue weighted by Crippen LogP contribution is -2.25. The molecule has 4 atom stereocenters. The molecule has 0 aromatic rings. The standard InChI is InChI=1S/C23H44O6/c1-2-3-6-9-19(26)14-12-18-13-15-22(27)21(18)10-7-4-5-8-11-23(28)29-20(16-24)17-25/h18-22,24-27H,2-17H2,1H3/t18-,19-,21+,22-/m0/s1. The normalized spacial score (nSPS) is 22.9. The molecular formula is C23H44O6. The fourth-order valence-electron chi connectivity index (χ4n) is 4.47. The van der Waals surface area contributed by atoms with Gasteiger partial charge in [0.1, 0.15) is 6.10 Å². The average molecular weight is 417 g/mol. The molecule has 0 saturated heterocycles. The average Bonchev–Trinajstić information content (AvgIpc) is 3.06. The number of aliphatic hydroxyl groups is 4. The highest BCUT2D eigenvalue weighted by Gasteiger charge is 2.34. The van der Waals surface area contributed by atoms with Gasteiger partial charge in [-0.1, -0.05) is 45.4 Å². The van der Waals surface area contributed by atoms with E-state index in [2.05, 4.69) is 6.92 Å². The number of rotatable bonds is 17. The Bertz CT molecular complexity index is 412. The lowest BCUT2D eigenvalue weighted by molar-refractivity contribution is -0.153. The van der Waals surface area contributed by atoms with Gasteiger partial charge in [-0.2, -0.15) is 0 Å². The van der Waals surface area contributed by atoms with E-state index < -0.39 is 6.10 Å². The van der Waals surface area contributed by atoms with Crippen LogP contribution in [0.5, 0.6) is 0 Å². The first-order valence-corrected chi connectivity index (χ1v) is 11.8. The summed E-state index contributed by atoms with van der Waals surface area (Å²) in [5.41, 5.74) is 0. The van der Waals surface area contributed by atoms with E-state index in [1.165, 1.54) is 12.8 Å². The van der Waals surface area contributed by atoms with Gasteiger partial charge in [0, 0.05) is 6.42 Å². The van der Waals surface area contributed by atoms with Crippen molar-refractivity contribution in [3.05, 3.63) is 0 Å². The van der Waals surface area contributed by atoms with Gasteiger partial charge in [0.25, 0.3) is 0 Å². The van der Waals surface area contributed by atoms with E-state index >= 15 is 0 Å². The lowest BCUT2D eigenvalue weighted by Gasteiger charge is -2.23. The van der Waals surface area contributed by atoms with Crippen molar-refractivity contribution in [1.82, 2.24) is 0 Å². The Labute approximate surface area is 176 Å². The van der Waals surface area contributed by atoms with Crippen molar-refractivity contribution in [2.75, 3.05) is 13.2 Å². The van der Waals surface area contributed by atoms with Gasteiger partial charge in [0.15, 0.2) is 0 Å². The Morgan fingerprint density at radius 3 is 2.38 bits per heavy atom. The van der Waals surface area contributed by atoms with Crippen molar-refractivity contribution < 1.29 is 30.0 Å². The largest absolute Gasteiger partial charge is 0.457 e. The first kappa shape index (κ1) is 26.3. The highest BCUT2D eigenvalue weighted by Crippen LogP contribution is 2.39. The fourth-order valence-corrected chi connectivity index (χ4v) is 4.47. The van der Waals surface area contributed by atoms with Crippen LogP contribution in [-0.2, 0) is 9.53 Å². The summed E-state index contributed by atoms with van der Waals surface area (Å²) in [5.74, 6) is 0.495. The van der Waals surface area contributed by atoms with Gasteiger partial charge >= 0.3 is 5.97 Å². The summed E-state index contributed by atoms with van der Waals surface area (Å²) in [7, 11) is 0. The van der Waals surface area contributed by atoms with Crippen LogP contribution in [0.15, 0.2) is 0 Å². The molecule has 0 amide bonds. The smallest absolute Gasteiger partial charge is 0.306 e. The second kappa shape index (κ2) is 16.1. The van der Waals surface area contributed by atoms with Gasteiger partial charge in [0.2, 0.25) is 0 Å². The summed E-state index contributed by atoms with van der Waals surface area (Å²) in [6, 6.07) is 0. The summed E-state index contributed by atoms with van der Waals surface area (Å²) in [6.45, 7) is 1.46. The summed E-state index contributed by atoms with van der Waals surface area (Å²) in [4.78, 5) is 11.6. The monoisotopic (exact) mass is 416 g/mol. The zero-order valence-corrected chi connectivity index (χ0v) is 18.3. The molecule has 1 rings (SSSR count). The van der Waals surface area contributed by atoms with Crippen molar-refractivity contribution in [2.24, 2.45) is 11.8 Å². The molecule has 6 heteroatoms. The maximum Gasteiger partial charge on any atom is 0.306 e. The molecule has 1 aliphatic carbocycles. The Kier molecular flexibility index (Phi) is 14.6. The summed E-state index contributed by atoms with van der Waals surface area (Å²) in [5, 5.41) is 38.3. The molecule has 4 N–H and O–H groups in total. The minimum absolute atomic E-state index is 0.198. The molecule has 0 heterocycles. The van der Waals surface area contributed by atoms with E-state index in [-0.39, 0.29) is 31.4 Å². The minimum atomic E-state index is -0.812. The number of aliphatic hydroxyl groups excluding tert-OH is 4. The highest BCUT2D eigenvalue weighted by atomic mass is 16.6. The van der Waals surface area contributed by atoms with Crippen LogP contribution in [-0.4, -0.2) is 57.9 Å². The van der Waals surface area contributed by atoms with Gasteiger partial charge in [-0.05, 0) is 56.8 Å². The summed E-state index contributed by atoms with van der Waals surface area (Å²) in [6.07, 6.45) is 12.0. The van der Waals surface area contributed by atoms with Crippen LogP contribution in [0.3, 0.4) is 0 Å². The van der Waals surface area contributed by atoms with Crippen LogP contribution in [0.2, 0.25) is 0 Å². The molecule has 172 valence electrons. The number of hydrogen-bond acceptors (Lipinski definition) is 6. The second-order valence-electron chi connectivity index (χ2n) is 8.73. The van der Waals surface area contributed by atoms with Crippen molar-refractivity contribution >= 4 is 5.97 Å². The molecule has 1 fully saturated rings. The van der Waals surface area contributed by atoms with Crippen molar-refractivity contribution in [3.63, 3.8) is 0 Å². The molecule has 0 aromatic heterocycles. The van der Waals surface area contributed by atoms with Crippen LogP contribution in [0.25, 0.3) is 0 Å². The number of carbonyl (C=O) groups excluding carboxylic acids is 1. The first-order valence-electron chi connectivity index (χ1n) is 11.8. The predicted molar refractivity (Wildman–Crippen MR) is 113 cm³/mol. The zero-order valence-electron chi connectivity index (χ0n) is 18.3. The molecule has 0 aromatic carbocycles. The molecule has 0 aliphatic heterocycles. The highest BCUT2D eigenvalue weighted by molar-refractivity contribution is 5.69. The Morgan fingerprint density at radius 1 is 0.966 bits per heavy atom. The van der Waals surface area contributed by atoms with Crippen LogP contribution < -0.4 is 0 Å². The topological polar surface area (TPSA) is 107 Å². The lowest BCUT2D eigenvalue weighted by atomic mass is 9.85. The number of hydrogen-bond donors (Lipinski definition) is 4. The third-order valence-electron chi connectivity index (χ3n) is 6.32. The SMILES string of the molecule is CCCCC[C@H](O)CC[C@H]1CC[C@H](O)[C@@H]1CCCCCCC(=O)OC(CO)CO. The molecule has 0 spiro atoms. The van der Waals surface area contributed by atoms with Gasteiger partial charge < -0.3 is 25.2 Å². The maximum absolute atomic E-state index is 11.6. The minimum Gasteiger partial charge on any atom is -0.457 e. The van der Waals surface area contributed by atoms with E-state index in [1.54, 1.807) is 0 Å². The molecule has 29 heavy (non-hydrogen) atoms. The molecule has 0 unspecified atom stereocenters. The van der Waals surface area contributed by atoms with Crippen molar-refractivity contribution in [1.29, 1.82) is 0 Å². The van der Waals surface area contributed by atoms with Gasteiger partial charge in [0.05, 0.1) is 25.4 Å². The first-order chi connectivity index (χ1) is 14.0. The Morgan fingerprint density at radius 2 is 1.69 bits per heavy atom. The number of unbranched alkanes of at least 4 members (excludes halogenated alkanes) is 5. The van der Waals surface area contributed by atoms with Crippen LogP contribution >= 0.6 is 0 Å². The van der Waals surface area contributed by atoms with E-state index in [0.717, 1.165) is 70.6 Å². The zero-order chi connectivity index (χ0) is 21.5. The number of carbonyl (C=O) groups is 1. The van der Waals surface area contributed by atoms with Crippen molar-refractivity contribution in [2.45, 2.75) is 115 Å². The predicted octanol–water partition coefficient (Wildman–Crippen LogP) is 3.33. The maximum atomic E-state index is 11.6. The Balaban J connectivity index is 2.15. The van der Waals surface area contributed by atoms with Gasteiger partial charge in [-0.3, -0.25) is 4.79 Å². The molecule has 0 bridgehead atoms. The van der Waals surface area contributed by atoms with E-state index in [9.17, 15) is 15.0 Å². The van der Waals surface area contributed by atoms with E-state index in [4.69, 9.17) is 14.9 Å². The van der Waals surface area contributed by atoms with E-state index in [0.29, 0.717) is 18.3 Å². The third-order valence-corrected chi connectivity index (χ3v) is 6.32. The molecular weight excluding hydrogens is 372 g/mol. The Hall–Kier alpha value is -0.690. The van der Waals surface area contributed by atoms with Crippen LogP contribution in [0.1, 0.15) is 96.8 Å². The second-order valence-corrected chi connectivity index (χ2v) is 8.73. The fraction of sp³-hybridized carbons (Fsp3) is 0.957. The third kappa shape index (κ3) is 11.3. The summed E-state index contributed by atoms with van der Waals surface area (Å²) < 4.78 is 4.95. The van der Waals surface area contributed by atoms with E-state index in [1.807, 2.05) is 0 Å². The van der Waals surface area contributed by atoms with Crippen LogP contribution in [0, 0.1) is 11.8 Å². The number of esters is 1.